The van der Waals surface area contributed by atoms with Gasteiger partial charge in [-0.05, 0) is 32.6 Å². The van der Waals surface area contributed by atoms with Crippen molar-refractivity contribution in [3.63, 3.8) is 0 Å². The molecule has 5 heteroatoms. The van der Waals surface area contributed by atoms with Gasteiger partial charge in [-0.2, -0.15) is 0 Å². The van der Waals surface area contributed by atoms with Crippen molar-refractivity contribution in [1.29, 1.82) is 0 Å². The molecule has 0 aromatic rings. The van der Waals surface area contributed by atoms with Crippen LogP contribution >= 0.6 is 0 Å². The molecule has 1 heterocycles. The number of carboxylic acid groups (broad SMARTS) is 1. The molecular weight excluding hydrogens is 246 g/mol. The number of rotatable bonds is 5. The van der Waals surface area contributed by atoms with Crippen molar-refractivity contribution in [2.45, 2.75) is 39.0 Å². The van der Waals surface area contributed by atoms with E-state index in [0.29, 0.717) is 26.1 Å². The summed E-state index contributed by atoms with van der Waals surface area (Å²) in [6.07, 6.45) is 4.21. The minimum absolute atomic E-state index is 0.140. The summed E-state index contributed by atoms with van der Waals surface area (Å²) >= 11 is 0. The lowest BCUT2D eigenvalue weighted by molar-refractivity contribution is -0.151. The number of nitrogens with zero attached hydrogens (tertiary/aromatic N) is 1. The maximum atomic E-state index is 12.6. The molecule has 19 heavy (non-hydrogen) atoms. The van der Waals surface area contributed by atoms with Gasteiger partial charge in [0.05, 0.1) is 10.8 Å². The summed E-state index contributed by atoms with van der Waals surface area (Å²) in [7, 11) is 1.65. The largest absolute Gasteiger partial charge is 0.481 e. The predicted octanol–water partition coefficient (Wildman–Crippen LogP) is 1.52. The van der Waals surface area contributed by atoms with Crippen molar-refractivity contribution in [2.24, 2.45) is 10.8 Å². The fourth-order valence-electron chi connectivity index (χ4n) is 3.12. The van der Waals surface area contributed by atoms with Crippen molar-refractivity contribution >= 4 is 11.9 Å². The maximum Gasteiger partial charge on any atom is 0.311 e. The van der Waals surface area contributed by atoms with Crippen LogP contribution in [0, 0.1) is 10.8 Å². The van der Waals surface area contributed by atoms with Crippen molar-refractivity contribution in [1.82, 2.24) is 4.90 Å². The second-order valence-electron chi connectivity index (χ2n) is 6.22. The Morgan fingerprint density at radius 3 is 2.42 bits per heavy atom. The number of ether oxygens (including phenoxy) is 1. The lowest BCUT2D eigenvalue weighted by Gasteiger charge is -2.43. The van der Waals surface area contributed by atoms with E-state index in [2.05, 4.69) is 0 Å². The minimum Gasteiger partial charge on any atom is -0.481 e. The molecule has 1 amide bonds. The first-order chi connectivity index (χ1) is 8.93. The number of aliphatic carboxylic acids is 1. The summed E-state index contributed by atoms with van der Waals surface area (Å²) in [5.74, 6) is -0.664. The van der Waals surface area contributed by atoms with Crippen LogP contribution in [0.15, 0.2) is 0 Å². The van der Waals surface area contributed by atoms with E-state index in [4.69, 9.17) is 4.74 Å². The highest BCUT2D eigenvalue weighted by Gasteiger charge is 2.50. The van der Waals surface area contributed by atoms with Gasteiger partial charge in [-0.3, -0.25) is 9.59 Å². The van der Waals surface area contributed by atoms with E-state index in [1.807, 2.05) is 0 Å². The molecule has 0 spiro atoms. The van der Waals surface area contributed by atoms with Crippen LogP contribution in [0.25, 0.3) is 0 Å². The lowest BCUT2D eigenvalue weighted by atomic mass is 9.66. The van der Waals surface area contributed by atoms with E-state index < -0.39 is 11.4 Å². The van der Waals surface area contributed by atoms with Gasteiger partial charge in [0.2, 0.25) is 5.91 Å². The second-order valence-corrected chi connectivity index (χ2v) is 6.22. The average molecular weight is 269 g/mol. The van der Waals surface area contributed by atoms with Crippen LogP contribution in [-0.4, -0.2) is 48.7 Å². The van der Waals surface area contributed by atoms with E-state index in [-0.39, 0.29) is 11.3 Å². The fraction of sp³-hybridized carbons (Fsp3) is 0.857. The first-order valence-electron chi connectivity index (χ1n) is 6.95. The van der Waals surface area contributed by atoms with Gasteiger partial charge in [0, 0.05) is 26.8 Å². The molecule has 1 N–H and O–H groups in total. The molecule has 0 aromatic heterocycles. The van der Waals surface area contributed by atoms with Gasteiger partial charge in [-0.15, -0.1) is 0 Å². The normalized spacial score (nSPS) is 29.1. The van der Waals surface area contributed by atoms with E-state index in [1.54, 1.807) is 18.9 Å². The Kier molecular flexibility index (Phi) is 3.85. The zero-order valence-corrected chi connectivity index (χ0v) is 11.8. The molecule has 108 valence electrons. The number of methoxy groups -OCH3 is 1. The number of carbonyl (C=O) groups excluding carboxylic acids is 1. The monoisotopic (exact) mass is 269 g/mol. The molecule has 1 saturated heterocycles. The summed E-state index contributed by atoms with van der Waals surface area (Å²) in [4.78, 5) is 25.6. The summed E-state index contributed by atoms with van der Waals surface area (Å²) < 4.78 is 5.10. The molecule has 1 aliphatic carbocycles. The predicted molar refractivity (Wildman–Crippen MR) is 69.7 cm³/mol. The molecule has 0 aromatic carbocycles. The molecule has 0 radical (unpaired) electrons. The van der Waals surface area contributed by atoms with Crippen LogP contribution in [0.5, 0.6) is 0 Å². The number of hydrogen-bond acceptors (Lipinski definition) is 3. The first kappa shape index (κ1) is 14.3. The standard InChI is InChI=1S/C14H23NO4/c1-13(12(17)18)6-8-15(10-13)11(16)14(4-3-5-14)7-9-19-2/h3-10H2,1-2H3,(H,17,18)/t13-/m1/s1. The SMILES string of the molecule is COCCC1(C(=O)N2CC[C@@](C)(C(=O)O)C2)CCC1. The number of carbonyl (C=O) groups is 2. The molecule has 0 unspecified atom stereocenters. The van der Waals surface area contributed by atoms with E-state index in [9.17, 15) is 14.7 Å². The summed E-state index contributed by atoms with van der Waals surface area (Å²) in [5, 5.41) is 9.23. The molecule has 2 aliphatic rings. The third kappa shape index (κ3) is 2.48. The third-order valence-corrected chi connectivity index (χ3v) is 4.83. The molecule has 1 aliphatic heterocycles. The molecular formula is C14H23NO4. The topological polar surface area (TPSA) is 66.8 Å². The molecule has 2 rings (SSSR count). The Morgan fingerprint density at radius 2 is 2.00 bits per heavy atom. The van der Waals surface area contributed by atoms with Gasteiger partial charge in [0.15, 0.2) is 0 Å². The Hall–Kier alpha value is -1.10. The number of hydrogen-bond donors (Lipinski definition) is 1. The van der Waals surface area contributed by atoms with Gasteiger partial charge in [-0.25, -0.2) is 0 Å². The molecule has 0 bridgehead atoms. The van der Waals surface area contributed by atoms with Crippen LogP contribution < -0.4 is 0 Å². The zero-order chi connectivity index (χ0) is 14.1. The van der Waals surface area contributed by atoms with Crippen molar-refractivity contribution in [3.8, 4) is 0 Å². The molecule has 2 fully saturated rings. The van der Waals surface area contributed by atoms with Crippen LogP contribution in [0.2, 0.25) is 0 Å². The number of likely N-dealkylation sites (tertiary alicyclic amines) is 1. The maximum absolute atomic E-state index is 12.6. The van der Waals surface area contributed by atoms with E-state index >= 15 is 0 Å². The Bertz CT molecular complexity index is 378. The van der Waals surface area contributed by atoms with Crippen molar-refractivity contribution < 1.29 is 19.4 Å². The van der Waals surface area contributed by atoms with Gasteiger partial charge in [0.25, 0.3) is 0 Å². The quantitative estimate of drug-likeness (QED) is 0.821. The van der Waals surface area contributed by atoms with Crippen molar-refractivity contribution in [3.05, 3.63) is 0 Å². The highest BCUT2D eigenvalue weighted by Crippen LogP contribution is 2.47. The Labute approximate surface area is 113 Å². The van der Waals surface area contributed by atoms with Crippen LogP contribution in [-0.2, 0) is 14.3 Å². The third-order valence-electron chi connectivity index (χ3n) is 4.83. The minimum atomic E-state index is -0.803. The van der Waals surface area contributed by atoms with Crippen LogP contribution in [0.3, 0.4) is 0 Å². The van der Waals surface area contributed by atoms with Crippen LogP contribution in [0.1, 0.15) is 39.0 Å². The van der Waals surface area contributed by atoms with Gasteiger partial charge in [-0.1, -0.05) is 6.42 Å². The average Bonchev–Trinajstić information content (AvgIpc) is 2.72. The second kappa shape index (κ2) is 5.12. The molecule has 5 nitrogen and oxygen atoms in total. The summed E-state index contributed by atoms with van der Waals surface area (Å²) in [6.45, 7) is 3.23. The molecule has 1 saturated carbocycles. The number of carboxylic acids is 1. The summed E-state index contributed by atoms with van der Waals surface area (Å²) in [6, 6.07) is 0. The highest BCUT2D eigenvalue weighted by molar-refractivity contribution is 5.85. The smallest absolute Gasteiger partial charge is 0.311 e. The van der Waals surface area contributed by atoms with E-state index in [1.165, 1.54) is 0 Å². The Morgan fingerprint density at radius 1 is 1.32 bits per heavy atom. The van der Waals surface area contributed by atoms with Gasteiger partial charge in [0.1, 0.15) is 0 Å². The van der Waals surface area contributed by atoms with Crippen molar-refractivity contribution in [2.75, 3.05) is 26.8 Å². The Balaban J connectivity index is 2.02. The summed E-state index contributed by atoms with van der Waals surface area (Å²) in [5.41, 5.74) is -1.05. The van der Waals surface area contributed by atoms with Crippen LogP contribution in [0.4, 0.5) is 0 Å². The van der Waals surface area contributed by atoms with E-state index in [0.717, 1.165) is 25.7 Å². The van der Waals surface area contributed by atoms with Gasteiger partial charge >= 0.3 is 5.97 Å². The zero-order valence-electron chi connectivity index (χ0n) is 11.8. The highest BCUT2D eigenvalue weighted by atomic mass is 16.5. The lowest BCUT2D eigenvalue weighted by Crippen LogP contribution is -2.48. The van der Waals surface area contributed by atoms with Gasteiger partial charge < -0.3 is 14.7 Å². The fourth-order valence-corrected chi connectivity index (χ4v) is 3.12. The first-order valence-corrected chi connectivity index (χ1v) is 6.95. The number of amides is 1. The molecule has 1 atom stereocenters.